The van der Waals surface area contributed by atoms with E-state index in [4.69, 9.17) is 15.0 Å². The summed E-state index contributed by atoms with van der Waals surface area (Å²) in [5.41, 5.74) is 2.06. The van der Waals surface area contributed by atoms with E-state index in [1.165, 1.54) is 11.6 Å². The lowest BCUT2D eigenvalue weighted by Gasteiger charge is -2.37. The van der Waals surface area contributed by atoms with Crippen LogP contribution in [-0.2, 0) is 5.92 Å². The lowest BCUT2D eigenvalue weighted by atomic mass is 10.1. The van der Waals surface area contributed by atoms with Crippen molar-refractivity contribution in [1.29, 1.82) is 0 Å². The topological polar surface area (TPSA) is 64.5 Å². The number of hydrogen-bond acceptors (Lipinski definition) is 8. The first kappa shape index (κ1) is 26.0. The third-order valence-electron chi connectivity index (χ3n) is 7.09. The molecule has 0 amide bonds. The number of anilines is 3. The second-order valence-electron chi connectivity index (χ2n) is 9.94. The number of rotatable bonds is 7. The van der Waals surface area contributed by atoms with Gasteiger partial charge in [-0.15, -0.1) is 6.58 Å². The number of hydrogen-bond donors (Lipinski definition) is 0. The zero-order valence-electron chi connectivity index (χ0n) is 22.0. The standard InChI is InChI=1S/C28H34F2N8/c1-4-12-35-13-15-37(16-14-35)26-32-24(22-9-7-21(2)8-10-22)33-27(34-26)38-19-17-36(18-20-38)25-23(28(3,29)30)6-5-11-31-25/h4-11H,1,12-20H2,2-3H3. The summed E-state index contributed by atoms with van der Waals surface area (Å²) in [6.45, 7) is 13.4. The van der Waals surface area contributed by atoms with Gasteiger partial charge in [0.1, 0.15) is 5.82 Å². The van der Waals surface area contributed by atoms with E-state index in [0.717, 1.165) is 45.2 Å². The van der Waals surface area contributed by atoms with Crippen LogP contribution in [0.4, 0.5) is 26.5 Å². The van der Waals surface area contributed by atoms with Crippen molar-refractivity contribution in [2.24, 2.45) is 0 Å². The van der Waals surface area contributed by atoms with Crippen LogP contribution in [0.2, 0.25) is 0 Å². The third-order valence-corrected chi connectivity index (χ3v) is 7.09. The average molecular weight is 521 g/mol. The van der Waals surface area contributed by atoms with E-state index < -0.39 is 5.92 Å². The lowest BCUT2D eigenvalue weighted by molar-refractivity contribution is 0.0176. The van der Waals surface area contributed by atoms with Crippen molar-refractivity contribution in [2.75, 3.05) is 73.6 Å². The molecule has 0 unspecified atom stereocenters. The van der Waals surface area contributed by atoms with Crippen molar-refractivity contribution < 1.29 is 8.78 Å². The van der Waals surface area contributed by atoms with Gasteiger partial charge in [0.05, 0.1) is 5.56 Å². The molecule has 0 bridgehead atoms. The van der Waals surface area contributed by atoms with E-state index in [2.05, 4.69) is 45.3 Å². The fourth-order valence-corrected chi connectivity index (χ4v) is 4.89. The first-order chi connectivity index (χ1) is 18.3. The van der Waals surface area contributed by atoms with E-state index in [-0.39, 0.29) is 5.56 Å². The summed E-state index contributed by atoms with van der Waals surface area (Å²) in [6.07, 6.45) is 3.50. The van der Waals surface area contributed by atoms with Crippen LogP contribution in [0.1, 0.15) is 18.1 Å². The Morgan fingerprint density at radius 3 is 2.00 bits per heavy atom. The fraction of sp³-hybridized carbons (Fsp3) is 0.429. The Balaban J connectivity index is 1.39. The van der Waals surface area contributed by atoms with Crippen molar-refractivity contribution in [3.8, 4) is 11.4 Å². The summed E-state index contributed by atoms with van der Waals surface area (Å²) in [7, 11) is 0. The van der Waals surface area contributed by atoms with Gasteiger partial charge in [-0.05, 0) is 19.1 Å². The number of benzene rings is 1. The molecule has 0 N–H and O–H groups in total. The molecule has 0 atom stereocenters. The minimum atomic E-state index is -2.96. The first-order valence-corrected chi connectivity index (χ1v) is 13.1. The van der Waals surface area contributed by atoms with Gasteiger partial charge < -0.3 is 14.7 Å². The molecular formula is C28H34F2N8. The largest absolute Gasteiger partial charge is 0.353 e. The number of aryl methyl sites for hydroxylation is 1. The molecule has 2 fully saturated rings. The Morgan fingerprint density at radius 1 is 0.842 bits per heavy atom. The maximum absolute atomic E-state index is 14.2. The number of halogens is 2. The highest BCUT2D eigenvalue weighted by Crippen LogP contribution is 2.34. The van der Waals surface area contributed by atoms with Gasteiger partial charge in [0.25, 0.3) is 5.92 Å². The van der Waals surface area contributed by atoms with Crippen LogP contribution in [0.15, 0.2) is 55.3 Å². The van der Waals surface area contributed by atoms with Crippen LogP contribution in [0, 0.1) is 6.92 Å². The molecule has 2 aliphatic heterocycles. The molecule has 8 nitrogen and oxygen atoms in total. The van der Waals surface area contributed by atoms with E-state index in [9.17, 15) is 8.78 Å². The van der Waals surface area contributed by atoms with Gasteiger partial charge in [0, 0.05) is 77.6 Å². The molecule has 1 aromatic carbocycles. The molecule has 38 heavy (non-hydrogen) atoms. The maximum atomic E-state index is 14.2. The van der Waals surface area contributed by atoms with Crippen molar-refractivity contribution in [3.05, 3.63) is 66.4 Å². The predicted octanol–water partition coefficient (Wildman–Crippen LogP) is 3.99. The lowest BCUT2D eigenvalue weighted by Crippen LogP contribution is -2.49. The SMILES string of the molecule is C=CCN1CCN(c2nc(-c3ccc(C)cc3)nc(N3CCN(c4ncccc4C(C)(F)F)CC3)n2)CC1. The first-order valence-electron chi connectivity index (χ1n) is 13.1. The molecule has 10 heteroatoms. The van der Waals surface area contributed by atoms with Gasteiger partial charge >= 0.3 is 0 Å². The van der Waals surface area contributed by atoms with Crippen molar-refractivity contribution in [1.82, 2.24) is 24.8 Å². The Bertz CT molecular complexity index is 1240. The summed E-state index contributed by atoms with van der Waals surface area (Å²) in [5, 5.41) is 0. The minimum absolute atomic E-state index is 0.0480. The average Bonchev–Trinajstić information content (AvgIpc) is 2.93. The van der Waals surface area contributed by atoms with E-state index >= 15 is 0 Å². The van der Waals surface area contributed by atoms with Crippen LogP contribution in [0.25, 0.3) is 11.4 Å². The molecule has 0 spiro atoms. The van der Waals surface area contributed by atoms with Gasteiger partial charge in [-0.2, -0.15) is 15.0 Å². The van der Waals surface area contributed by atoms with E-state index in [0.29, 0.717) is 49.7 Å². The number of alkyl halides is 2. The molecular weight excluding hydrogens is 486 g/mol. The smallest absolute Gasteiger partial charge is 0.274 e. The Hall–Kier alpha value is -3.66. The number of pyridine rings is 1. The van der Waals surface area contributed by atoms with Crippen molar-refractivity contribution >= 4 is 17.7 Å². The molecule has 0 saturated carbocycles. The number of nitrogens with zero attached hydrogens (tertiary/aromatic N) is 8. The molecule has 2 saturated heterocycles. The summed E-state index contributed by atoms with van der Waals surface area (Å²) >= 11 is 0. The quantitative estimate of drug-likeness (QED) is 0.434. The fourth-order valence-electron chi connectivity index (χ4n) is 4.89. The Labute approximate surface area is 222 Å². The summed E-state index contributed by atoms with van der Waals surface area (Å²) in [4.78, 5) is 27.5. The molecule has 2 aliphatic rings. The zero-order valence-corrected chi connectivity index (χ0v) is 22.0. The van der Waals surface area contributed by atoms with Crippen LogP contribution in [-0.4, -0.2) is 83.7 Å². The summed E-state index contributed by atoms with van der Waals surface area (Å²) < 4.78 is 28.4. The second kappa shape index (κ2) is 11.0. The van der Waals surface area contributed by atoms with Gasteiger partial charge in [0.2, 0.25) is 11.9 Å². The summed E-state index contributed by atoms with van der Waals surface area (Å²) in [6, 6.07) is 11.2. The molecule has 4 heterocycles. The van der Waals surface area contributed by atoms with Gasteiger partial charge in [-0.3, -0.25) is 4.90 Å². The van der Waals surface area contributed by atoms with Crippen molar-refractivity contribution in [3.63, 3.8) is 0 Å². The van der Waals surface area contributed by atoms with Gasteiger partial charge in [0.15, 0.2) is 5.82 Å². The molecule has 5 rings (SSSR count). The minimum Gasteiger partial charge on any atom is -0.353 e. The van der Waals surface area contributed by atoms with E-state index in [1.807, 2.05) is 23.1 Å². The Kier molecular flexibility index (Phi) is 7.51. The van der Waals surface area contributed by atoms with Crippen molar-refractivity contribution in [2.45, 2.75) is 19.8 Å². The normalized spacial score (nSPS) is 17.1. The molecule has 0 aliphatic carbocycles. The highest BCUT2D eigenvalue weighted by molar-refractivity contribution is 5.59. The second-order valence-corrected chi connectivity index (χ2v) is 9.94. The number of piperazine rings is 2. The van der Waals surface area contributed by atoms with Gasteiger partial charge in [-0.25, -0.2) is 13.8 Å². The number of aromatic nitrogens is 4. The monoisotopic (exact) mass is 520 g/mol. The van der Waals surface area contributed by atoms with Crippen LogP contribution >= 0.6 is 0 Å². The van der Waals surface area contributed by atoms with Crippen LogP contribution in [0.3, 0.4) is 0 Å². The van der Waals surface area contributed by atoms with E-state index in [1.54, 1.807) is 12.3 Å². The zero-order chi connectivity index (χ0) is 26.7. The van der Waals surface area contributed by atoms with Crippen LogP contribution in [0.5, 0.6) is 0 Å². The molecule has 2 aromatic heterocycles. The third kappa shape index (κ3) is 5.75. The molecule has 3 aromatic rings. The highest BCUT2D eigenvalue weighted by Gasteiger charge is 2.32. The molecule has 0 radical (unpaired) electrons. The van der Waals surface area contributed by atoms with Gasteiger partial charge in [-0.1, -0.05) is 35.9 Å². The maximum Gasteiger partial charge on any atom is 0.274 e. The Morgan fingerprint density at radius 2 is 1.42 bits per heavy atom. The van der Waals surface area contributed by atoms with Crippen LogP contribution < -0.4 is 14.7 Å². The highest BCUT2D eigenvalue weighted by atomic mass is 19.3. The summed E-state index contributed by atoms with van der Waals surface area (Å²) in [5.74, 6) is -0.695. The predicted molar refractivity (Wildman–Crippen MR) is 147 cm³/mol. The molecule has 200 valence electrons.